The highest BCUT2D eigenvalue weighted by atomic mass is 32.2. The summed E-state index contributed by atoms with van der Waals surface area (Å²) in [5.41, 5.74) is 0.851. The molecule has 0 aliphatic carbocycles. The van der Waals surface area contributed by atoms with Gasteiger partial charge in [0.1, 0.15) is 0 Å². The Balaban J connectivity index is 3.40. The molecule has 6 heteroatoms. The molecule has 0 aromatic heterocycles. The maximum absolute atomic E-state index is 11.1. The highest BCUT2D eigenvalue weighted by molar-refractivity contribution is 7.89. The van der Waals surface area contributed by atoms with Crippen LogP contribution in [0.1, 0.15) is 37.2 Å². The molecule has 0 fully saturated rings. The molecule has 0 heterocycles. The van der Waals surface area contributed by atoms with Gasteiger partial charge in [-0.15, -0.1) is 0 Å². The number of hydrogen-bond acceptors (Lipinski definition) is 4. The van der Waals surface area contributed by atoms with Crippen molar-refractivity contribution < 1.29 is 18.6 Å². The average molecular weight is 245 g/mol. The zero-order chi connectivity index (χ0) is 12.5. The van der Waals surface area contributed by atoms with Gasteiger partial charge in [0.25, 0.3) is 0 Å². The van der Waals surface area contributed by atoms with E-state index < -0.39 is 22.2 Å². The maximum Gasteiger partial charge on any atom is 0.238 e. The molecule has 0 radical (unpaired) electrons. The number of primary sulfonamides is 1. The molecule has 1 aromatic carbocycles. The number of hydrogen-bond donors (Lipinski definition) is 3. The summed E-state index contributed by atoms with van der Waals surface area (Å²) in [5, 5.41) is 23.9. The highest BCUT2D eigenvalue weighted by Crippen LogP contribution is 2.26. The van der Waals surface area contributed by atoms with Gasteiger partial charge < -0.3 is 10.2 Å². The van der Waals surface area contributed by atoms with E-state index in [1.807, 2.05) is 0 Å². The minimum absolute atomic E-state index is 0.0761. The van der Waals surface area contributed by atoms with Gasteiger partial charge in [0.15, 0.2) is 0 Å². The van der Waals surface area contributed by atoms with E-state index in [4.69, 9.17) is 5.14 Å². The summed E-state index contributed by atoms with van der Waals surface area (Å²) < 4.78 is 22.2. The monoisotopic (exact) mass is 245 g/mol. The smallest absolute Gasteiger partial charge is 0.238 e. The van der Waals surface area contributed by atoms with Crippen molar-refractivity contribution in [3.63, 3.8) is 0 Å². The fourth-order valence-corrected chi connectivity index (χ4v) is 2.02. The van der Waals surface area contributed by atoms with Crippen molar-refractivity contribution in [2.45, 2.75) is 31.0 Å². The number of aliphatic hydroxyl groups is 2. The summed E-state index contributed by atoms with van der Waals surface area (Å²) in [6, 6.07) is 4.04. The number of rotatable bonds is 3. The van der Waals surface area contributed by atoms with E-state index in [0.29, 0.717) is 11.1 Å². The molecule has 0 aliphatic heterocycles. The van der Waals surface area contributed by atoms with Crippen molar-refractivity contribution in [2.75, 3.05) is 0 Å². The quantitative estimate of drug-likeness (QED) is 0.719. The second-order valence-electron chi connectivity index (χ2n) is 3.69. The number of benzene rings is 1. The van der Waals surface area contributed by atoms with Gasteiger partial charge in [-0.05, 0) is 37.1 Å². The Hall–Kier alpha value is -0.950. The molecule has 1 aromatic rings. The Morgan fingerprint density at radius 1 is 1.12 bits per heavy atom. The lowest BCUT2D eigenvalue weighted by atomic mass is 10.00. The normalized spacial score (nSPS) is 15.8. The molecule has 1 rings (SSSR count). The minimum atomic E-state index is -3.79. The summed E-state index contributed by atoms with van der Waals surface area (Å²) in [4.78, 5) is -0.0761. The second kappa shape index (κ2) is 4.50. The van der Waals surface area contributed by atoms with Gasteiger partial charge in [-0.25, -0.2) is 13.6 Å². The Morgan fingerprint density at radius 3 is 2.00 bits per heavy atom. The molecule has 0 saturated heterocycles. The molecular weight excluding hydrogens is 230 g/mol. The average Bonchev–Trinajstić information content (AvgIpc) is 2.15. The van der Waals surface area contributed by atoms with Gasteiger partial charge in [0, 0.05) is 0 Å². The predicted molar refractivity (Wildman–Crippen MR) is 59.1 cm³/mol. The molecule has 90 valence electrons. The zero-order valence-electron chi connectivity index (χ0n) is 9.08. The first-order valence-corrected chi connectivity index (χ1v) is 6.31. The summed E-state index contributed by atoms with van der Waals surface area (Å²) in [6.07, 6.45) is -1.65. The van der Waals surface area contributed by atoms with Crippen LogP contribution in [-0.2, 0) is 10.0 Å². The fraction of sp³-hybridized carbons (Fsp3) is 0.400. The van der Waals surface area contributed by atoms with E-state index in [0.717, 1.165) is 0 Å². The van der Waals surface area contributed by atoms with Crippen molar-refractivity contribution in [3.8, 4) is 0 Å². The summed E-state index contributed by atoms with van der Waals surface area (Å²) in [5.74, 6) is 0. The SMILES string of the molecule is CC(O)c1ccc(S(N)(=O)=O)cc1C(C)O. The molecule has 5 nitrogen and oxygen atoms in total. The first-order valence-electron chi connectivity index (χ1n) is 4.76. The van der Waals surface area contributed by atoms with Crippen LogP contribution < -0.4 is 5.14 Å². The summed E-state index contributed by atoms with van der Waals surface area (Å²) in [7, 11) is -3.79. The molecular formula is C10H15NO4S. The van der Waals surface area contributed by atoms with Crippen LogP contribution >= 0.6 is 0 Å². The lowest BCUT2D eigenvalue weighted by molar-refractivity contribution is 0.175. The Bertz CT molecular complexity index is 480. The largest absolute Gasteiger partial charge is 0.389 e. The van der Waals surface area contributed by atoms with E-state index in [-0.39, 0.29) is 4.90 Å². The first-order chi connectivity index (χ1) is 7.23. The molecule has 16 heavy (non-hydrogen) atoms. The topological polar surface area (TPSA) is 101 Å². The minimum Gasteiger partial charge on any atom is -0.389 e. The van der Waals surface area contributed by atoms with E-state index in [9.17, 15) is 18.6 Å². The van der Waals surface area contributed by atoms with Crippen LogP contribution in [0.15, 0.2) is 23.1 Å². The predicted octanol–water partition coefficient (Wildman–Crippen LogP) is 0.441. The lowest BCUT2D eigenvalue weighted by Crippen LogP contribution is -2.13. The summed E-state index contributed by atoms with van der Waals surface area (Å²) >= 11 is 0. The van der Waals surface area contributed by atoms with Gasteiger partial charge in [-0.1, -0.05) is 6.07 Å². The molecule has 2 unspecified atom stereocenters. The van der Waals surface area contributed by atoms with Crippen molar-refractivity contribution in [1.82, 2.24) is 0 Å². The second-order valence-corrected chi connectivity index (χ2v) is 5.25. The maximum atomic E-state index is 11.1. The van der Waals surface area contributed by atoms with Gasteiger partial charge in [0.05, 0.1) is 17.1 Å². The van der Waals surface area contributed by atoms with Crippen LogP contribution in [0, 0.1) is 0 Å². The molecule has 0 saturated carbocycles. The highest BCUT2D eigenvalue weighted by Gasteiger charge is 2.16. The van der Waals surface area contributed by atoms with Crippen molar-refractivity contribution >= 4 is 10.0 Å². The Labute approximate surface area is 94.6 Å². The van der Waals surface area contributed by atoms with Crippen molar-refractivity contribution in [1.29, 1.82) is 0 Å². The van der Waals surface area contributed by atoms with Gasteiger partial charge in [-0.2, -0.15) is 0 Å². The van der Waals surface area contributed by atoms with Crippen LogP contribution in [0.2, 0.25) is 0 Å². The number of sulfonamides is 1. The third kappa shape index (κ3) is 2.79. The van der Waals surface area contributed by atoms with Crippen LogP contribution in [0.3, 0.4) is 0 Å². The Kier molecular flexibility index (Phi) is 3.69. The lowest BCUT2D eigenvalue weighted by Gasteiger charge is -2.15. The third-order valence-corrected chi connectivity index (χ3v) is 3.20. The molecule has 0 amide bonds. The Morgan fingerprint density at radius 2 is 1.62 bits per heavy atom. The van der Waals surface area contributed by atoms with Crippen LogP contribution in [0.5, 0.6) is 0 Å². The van der Waals surface area contributed by atoms with Crippen molar-refractivity contribution in [3.05, 3.63) is 29.3 Å². The van der Waals surface area contributed by atoms with E-state index in [1.165, 1.54) is 32.0 Å². The van der Waals surface area contributed by atoms with Gasteiger partial charge in [-0.3, -0.25) is 0 Å². The van der Waals surface area contributed by atoms with E-state index in [1.54, 1.807) is 0 Å². The molecule has 2 atom stereocenters. The number of nitrogens with two attached hydrogens (primary N) is 1. The van der Waals surface area contributed by atoms with E-state index in [2.05, 4.69) is 0 Å². The van der Waals surface area contributed by atoms with Crippen LogP contribution in [-0.4, -0.2) is 18.6 Å². The zero-order valence-corrected chi connectivity index (χ0v) is 9.90. The number of aliphatic hydroxyl groups excluding tert-OH is 2. The first kappa shape index (κ1) is 13.1. The van der Waals surface area contributed by atoms with E-state index >= 15 is 0 Å². The van der Waals surface area contributed by atoms with Crippen LogP contribution in [0.25, 0.3) is 0 Å². The molecule has 0 aliphatic rings. The van der Waals surface area contributed by atoms with Gasteiger partial charge >= 0.3 is 0 Å². The fourth-order valence-electron chi connectivity index (χ4n) is 1.47. The van der Waals surface area contributed by atoms with Gasteiger partial charge in [0.2, 0.25) is 10.0 Å². The van der Waals surface area contributed by atoms with Crippen molar-refractivity contribution in [2.24, 2.45) is 5.14 Å². The van der Waals surface area contributed by atoms with Crippen LogP contribution in [0.4, 0.5) is 0 Å². The summed E-state index contributed by atoms with van der Waals surface area (Å²) in [6.45, 7) is 3.03. The molecule has 0 spiro atoms. The third-order valence-electron chi connectivity index (χ3n) is 2.29. The molecule has 0 bridgehead atoms. The molecule has 4 N–H and O–H groups in total. The standard InChI is InChI=1S/C10H15NO4S/c1-6(12)9-4-3-8(16(11,14)15)5-10(9)7(2)13/h3-7,12-13H,1-2H3,(H2,11,14,15).